The maximum Gasteiger partial charge on any atom is 0.225 e. The quantitative estimate of drug-likeness (QED) is 0.319. The van der Waals surface area contributed by atoms with E-state index in [1.807, 2.05) is 53.4 Å². The fourth-order valence-corrected chi connectivity index (χ4v) is 4.28. The number of rotatable bonds is 5. The van der Waals surface area contributed by atoms with Gasteiger partial charge in [-0.25, -0.2) is 9.97 Å². The summed E-state index contributed by atoms with van der Waals surface area (Å²) in [6.45, 7) is 2.12. The third kappa shape index (κ3) is 3.77. The molecule has 4 aromatic carbocycles. The van der Waals surface area contributed by atoms with Crippen molar-refractivity contribution >= 4 is 27.8 Å². The lowest BCUT2D eigenvalue weighted by Crippen LogP contribution is -2.11. The molecule has 5 nitrogen and oxygen atoms in total. The van der Waals surface area contributed by atoms with Crippen molar-refractivity contribution in [3.8, 4) is 17.1 Å². The van der Waals surface area contributed by atoms with Gasteiger partial charge in [-0.3, -0.25) is 4.57 Å². The van der Waals surface area contributed by atoms with E-state index in [1.165, 1.54) is 16.3 Å². The largest absolute Gasteiger partial charge is 0.348 e. The first-order chi connectivity index (χ1) is 16.7. The zero-order chi connectivity index (χ0) is 22.9. The standard InChI is InChI=1S/C29H23N5/c1-20(21-9-3-2-4-10-21)31-29-32-26(24-16-15-22-11-5-6-12-23(22)17-24)18-28(33-29)34-19-30-25-13-7-8-14-27(25)34/h2-20H,1H3,(H,31,32,33). The highest BCUT2D eigenvalue weighted by Gasteiger charge is 2.14. The van der Waals surface area contributed by atoms with Gasteiger partial charge in [0.15, 0.2) is 0 Å². The molecule has 6 rings (SSSR count). The number of benzene rings is 4. The molecule has 2 aromatic heterocycles. The highest BCUT2D eigenvalue weighted by Crippen LogP contribution is 2.27. The van der Waals surface area contributed by atoms with Gasteiger partial charge in [0.1, 0.15) is 12.1 Å². The van der Waals surface area contributed by atoms with E-state index >= 15 is 0 Å². The first kappa shape index (κ1) is 20.1. The molecular formula is C29H23N5. The molecular weight excluding hydrogens is 418 g/mol. The molecule has 0 saturated carbocycles. The Morgan fingerprint density at radius 3 is 2.38 bits per heavy atom. The van der Waals surface area contributed by atoms with Crippen molar-refractivity contribution in [1.29, 1.82) is 0 Å². The maximum atomic E-state index is 4.91. The predicted molar refractivity (Wildman–Crippen MR) is 138 cm³/mol. The normalized spacial score (nSPS) is 12.1. The SMILES string of the molecule is CC(Nc1nc(-c2ccc3ccccc3c2)cc(-n2cnc3ccccc32)n1)c1ccccc1. The van der Waals surface area contributed by atoms with Crippen molar-refractivity contribution in [1.82, 2.24) is 19.5 Å². The Morgan fingerprint density at radius 2 is 1.50 bits per heavy atom. The van der Waals surface area contributed by atoms with Gasteiger partial charge in [0.2, 0.25) is 5.95 Å². The second-order valence-corrected chi connectivity index (χ2v) is 8.38. The summed E-state index contributed by atoms with van der Waals surface area (Å²) in [6.07, 6.45) is 1.82. The van der Waals surface area contributed by atoms with E-state index in [0.717, 1.165) is 28.1 Å². The minimum atomic E-state index is 0.0560. The molecule has 1 unspecified atom stereocenters. The minimum Gasteiger partial charge on any atom is -0.348 e. The number of hydrogen-bond donors (Lipinski definition) is 1. The topological polar surface area (TPSA) is 55.6 Å². The second kappa shape index (κ2) is 8.45. The molecule has 0 aliphatic carbocycles. The molecule has 164 valence electrons. The third-order valence-corrected chi connectivity index (χ3v) is 6.10. The third-order valence-electron chi connectivity index (χ3n) is 6.10. The van der Waals surface area contributed by atoms with E-state index in [2.05, 4.69) is 77.9 Å². The number of fused-ring (bicyclic) bond motifs is 2. The smallest absolute Gasteiger partial charge is 0.225 e. The zero-order valence-corrected chi connectivity index (χ0v) is 18.8. The van der Waals surface area contributed by atoms with Crippen LogP contribution in [0.3, 0.4) is 0 Å². The Bertz CT molecular complexity index is 1600. The van der Waals surface area contributed by atoms with Gasteiger partial charge in [-0.1, -0.05) is 78.9 Å². The lowest BCUT2D eigenvalue weighted by atomic mass is 10.0. The van der Waals surface area contributed by atoms with E-state index in [9.17, 15) is 0 Å². The van der Waals surface area contributed by atoms with Gasteiger partial charge in [0, 0.05) is 11.6 Å². The Hall–Kier alpha value is -4.51. The minimum absolute atomic E-state index is 0.0560. The van der Waals surface area contributed by atoms with Crippen molar-refractivity contribution in [3.63, 3.8) is 0 Å². The van der Waals surface area contributed by atoms with Crippen LogP contribution in [0.15, 0.2) is 109 Å². The molecule has 0 bridgehead atoms. The van der Waals surface area contributed by atoms with Crippen LogP contribution in [0.2, 0.25) is 0 Å². The molecule has 0 fully saturated rings. The average molecular weight is 442 g/mol. The summed E-state index contributed by atoms with van der Waals surface area (Å²) >= 11 is 0. The Labute approximate surface area is 197 Å². The Kier molecular flexibility index (Phi) is 5.00. The van der Waals surface area contributed by atoms with E-state index in [-0.39, 0.29) is 6.04 Å². The van der Waals surface area contributed by atoms with Crippen LogP contribution < -0.4 is 5.32 Å². The highest BCUT2D eigenvalue weighted by atomic mass is 15.2. The van der Waals surface area contributed by atoms with Crippen LogP contribution >= 0.6 is 0 Å². The van der Waals surface area contributed by atoms with Crippen molar-refractivity contribution in [2.24, 2.45) is 0 Å². The summed E-state index contributed by atoms with van der Waals surface area (Å²) in [6, 6.07) is 35.3. The van der Waals surface area contributed by atoms with Crippen LogP contribution in [0.4, 0.5) is 5.95 Å². The molecule has 1 N–H and O–H groups in total. The van der Waals surface area contributed by atoms with Gasteiger partial charge >= 0.3 is 0 Å². The molecule has 0 saturated heterocycles. The molecule has 6 aromatic rings. The summed E-state index contributed by atoms with van der Waals surface area (Å²) in [7, 11) is 0. The van der Waals surface area contributed by atoms with E-state index in [0.29, 0.717) is 5.95 Å². The van der Waals surface area contributed by atoms with Gasteiger partial charge in [0.05, 0.1) is 22.8 Å². The van der Waals surface area contributed by atoms with E-state index in [1.54, 1.807) is 0 Å². The van der Waals surface area contributed by atoms with Gasteiger partial charge < -0.3 is 5.32 Å². The zero-order valence-electron chi connectivity index (χ0n) is 18.8. The first-order valence-electron chi connectivity index (χ1n) is 11.4. The molecule has 0 spiro atoms. The Balaban J connectivity index is 1.48. The van der Waals surface area contributed by atoms with Crippen LogP contribution in [0, 0.1) is 0 Å². The van der Waals surface area contributed by atoms with Gasteiger partial charge in [0.25, 0.3) is 0 Å². The monoisotopic (exact) mass is 441 g/mol. The second-order valence-electron chi connectivity index (χ2n) is 8.38. The highest BCUT2D eigenvalue weighted by molar-refractivity contribution is 5.87. The first-order valence-corrected chi connectivity index (χ1v) is 11.4. The number of aromatic nitrogens is 4. The number of anilines is 1. The van der Waals surface area contributed by atoms with Crippen molar-refractivity contribution < 1.29 is 0 Å². The molecule has 2 heterocycles. The molecule has 0 amide bonds. The summed E-state index contributed by atoms with van der Waals surface area (Å²) in [5.74, 6) is 1.35. The van der Waals surface area contributed by atoms with Crippen molar-refractivity contribution in [2.45, 2.75) is 13.0 Å². The van der Waals surface area contributed by atoms with Crippen LogP contribution in [0.5, 0.6) is 0 Å². The van der Waals surface area contributed by atoms with Crippen LogP contribution in [-0.2, 0) is 0 Å². The lowest BCUT2D eigenvalue weighted by molar-refractivity contribution is 0.855. The lowest BCUT2D eigenvalue weighted by Gasteiger charge is -2.16. The fraction of sp³-hybridized carbons (Fsp3) is 0.0690. The van der Waals surface area contributed by atoms with Crippen LogP contribution in [-0.4, -0.2) is 19.5 Å². The molecule has 1 atom stereocenters. The molecule has 34 heavy (non-hydrogen) atoms. The molecule has 0 aliphatic heterocycles. The van der Waals surface area contributed by atoms with Crippen molar-refractivity contribution in [2.75, 3.05) is 5.32 Å². The fourth-order valence-electron chi connectivity index (χ4n) is 4.28. The van der Waals surface area contributed by atoms with E-state index in [4.69, 9.17) is 9.97 Å². The van der Waals surface area contributed by atoms with Gasteiger partial charge in [-0.15, -0.1) is 0 Å². The summed E-state index contributed by atoms with van der Waals surface area (Å²) < 4.78 is 2.01. The van der Waals surface area contributed by atoms with Gasteiger partial charge in [-0.05, 0) is 41.5 Å². The number of nitrogens with one attached hydrogen (secondary N) is 1. The number of imidazole rings is 1. The Morgan fingerprint density at radius 1 is 0.735 bits per heavy atom. The van der Waals surface area contributed by atoms with Gasteiger partial charge in [-0.2, -0.15) is 4.98 Å². The summed E-state index contributed by atoms with van der Waals surface area (Å²) in [5.41, 5.74) is 5.02. The van der Waals surface area contributed by atoms with E-state index < -0.39 is 0 Å². The van der Waals surface area contributed by atoms with Crippen molar-refractivity contribution in [3.05, 3.63) is 115 Å². The predicted octanol–water partition coefficient (Wildman–Crippen LogP) is 6.81. The summed E-state index contributed by atoms with van der Waals surface area (Å²) in [4.78, 5) is 14.3. The molecule has 0 radical (unpaired) electrons. The summed E-state index contributed by atoms with van der Waals surface area (Å²) in [5, 5.41) is 5.89. The average Bonchev–Trinajstić information content (AvgIpc) is 3.33. The van der Waals surface area contributed by atoms with Crippen LogP contribution in [0.1, 0.15) is 18.5 Å². The molecule has 5 heteroatoms. The molecule has 0 aliphatic rings. The van der Waals surface area contributed by atoms with Crippen LogP contribution in [0.25, 0.3) is 38.9 Å². The number of nitrogens with zero attached hydrogens (tertiary/aromatic N) is 4. The maximum absolute atomic E-state index is 4.91. The number of hydrogen-bond acceptors (Lipinski definition) is 4. The number of para-hydroxylation sites is 2.